The van der Waals surface area contributed by atoms with Crippen LogP contribution in [-0.4, -0.2) is 27.2 Å². The molecule has 0 atom stereocenters. The molecule has 0 saturated heterocycles. The Morgan fingerprint density at radius 2 is 2.12 bits per heavy atom. The van der Waals surface area contributed by atoms with Crippen LogP contribution in [0.25, 0.3) is 0 Å². The van der Waals surface area contributed by atoms with E-state index >= 15 is 0 Å². The molecule has 2 heterocycles. The van der Waals surface area contributed by atoms with E-state index in [2.05, 4.69) is 9.97 Å². The van der Waals surface area contributed by atoms with Crippen molar-refractivity contribution in [1.82, 2.24) is 16.1 Å². The smallest absolute Gasteiger partial charge is 0.322 e. The molecule has 1 aromatic heterocycles. The molecule has 0 unspecified atom stereocenters. The maximum Gasteiger partial charge on any atom is 0.322 e. The maximum atomic E-state index is 13.3. The molecule has 0 amide bonds. The van der Waals surface area contributed by atoms with Gasteiger partial charge in [-0.3, -0.25) is 10.1 Å². The number of thioether (sulfide) groups is 1. The monoisotopic (exact) mass is 365 g/mol. The van der Waals surface area contributed by atoms with Crippen molar-refractivity contribution in [2.45, 2.75) is 31.8 Å². The fraction of sp³-hybridized carbons (Fsp3) is 0.375. The van der Waals surface area contributed by atoms with Crippen molar-refractivity contribution in [3.8, 4) is 0 Å². The summed E-state index contributed by atoms with van der Waals surface area (Å²) in [5, 5.41) is 11.7. The Bertz CT molecular complexity index is 802. The molecule has 25 heavy (non-hydrogen) atoms. The first kappa shape index (κ1) is 19.1. The predicted octanol–water partition coefficient (Wildman–Crippen LogP) is 3.67. The number of halogens is 1. The van der Waals surface area contributed by atoms with Crippen molar-refractivity contribution in [3.05, 3.63) is 51.0 Å². The van der Waals surface area contributed by atoms with Crippen molar-refractivity contribution >= 4 is 23.4 Å². The minimum absolute atomic E-state index is 0. The van der Waals surface area contributed by atoms with E-state index in [0.29, 0.717) is 41.9 Å². The zero-order valence-electron chi connectivity index (χ0n) is 14.2. The summed E-state index contributed by atoms with van der Waals surface area (Å²) in [6.07, 6.45) is 0.697. The van der Waals surface area contributed by atoms with Gasteiger partial charge in [-0.1, -0.05) is 24.8 Å². The summed E-state index contributed by atoms with van der Waals surface area (Å²) in [5.41, 5.74) is 2.37. The number of benzene rings is 1. The first-order valence-corrected chi connectivity index (χ1v) is 8.66. The summed E-state index contributed by atoms with van der Waals surface area (Å²) in [5.74, 6) is 0.953. The molecule has 1 aromatic carbocycles. The van der Waals surface area contributed by atoms with Gasteiger partial charge in [0, 0.05) is 13.1 Å². The van der Waals surface area contributed by atoms with E-state index in [9.17, 15) is 14.5 Å². The lowest BCUT2D eigenvalue weighted by atomic mass is 10.00. The van der Waals surface area contributed by atoms with Crippen LogP contribution in [-0.2, 0) is 13.0 Å². The van der Waals surface area contributed by atoms with Gasteiger partial charge >= 0.3 is 5.69 Å². The molecule has 0 fully saturated rings. The van der Waals surface area contributed by atoms with Gasteiger partial charge in [-0.2, -0.15) is 4.98 Å². The van der Waals surface area contributed by atoms with Crippen LogP contribution in [0.5, 0.6) is 0 Å². The summed E-state index contributed by atoms with van der Waals surface area (Å²) >= 11 is 1.34. The van der Waals surface area contributed by atoms with Crippen molar-refractivity contribution < 1.29 is 9.31 Å². The van der Waals surface area contributed by atoms with E-state index in [1.54, 1.807) is 19.1 Å². The van der Waals surface area contributed by atoms with E-state index in [0.717, 1.165) is 11.1 Å². The fourth-order valence-corrected chi connectivity index (χ4v) is 3.59. The molecule has 0 spiro atoms. The minimum Gasteiger partial charge on any atom is -0.344 e. The highest BCUT2D eigenvalue weighted by molar-refractivity contribution is 7.99. The molecule has 0 bridgehead atoms. The molecule has 9 heteroatoms. The normalized spacial score (nSPS) is 13.2. The number of fused-ring (bicyclic) bond motifs is 1. The second-order valence-corrected chi connectivity index (χ2v) is 6.79. The van der Waals surface area contributed by atoms with E-state index in [-0.39, 0.29) is 17.7 Å². The molecule has 1 aliphatic rings. The van der Waals surface area contributed by atoms with Crippen LogP contribution in [0.2, 0.25) is 0 Å². The van der Waals surface area contributed by atoms with Crippen LogP contribution in [0.4, 0.5) is 16.0 Å². The summed E-state index contributed by atoms with van der Waals surface area (Å²) in [4.78, 5) is 21.6. The molecule has 134 valence electrons. The Kier molecular flexibility index (Phi) is 5.91. The van der Waals surface area contributed by atoms with Crippen molar-refractivity contribution in [2.75, 3.05) is 17.2 Å². The highest BCUT2D eigenvalue weighted by Gasteiger charge is 2.25. The molecule has 0 aliphatic carbocycles. The Hall–Kier alpha value is -2.26. The second-order valence-electron chi connectivity index (χ2n) is 5.54. The molecule has 0 saturated carbocycles. The molecular weight excluding hydrogens is 345 g/mol. The number of rotatable bonds is 4. The predicted molar refractivity (Wildman–Crippen MR) is 96.0 cm³/mol. The number of aromatic nitrogens is 2. The van der Waals surface area contributed by atoms with Gasteiger partial charge in [0.05, 0.1) is 4.92 Å². The number of hydrogen-bond donors (Lipinski definition) is 1. The molecule has 3 rings (SSSR count). The summed E-state index contributed by atoms with van der Waals surface area (Å²) in [6.45, 7) is 4.79. The van der Waals surface area contributed by atoms with Crippen LogP contribution in [0.15, 0.2) is 23.2 Å². The van der Waals surface area contributed by atoms with Crippen LogP contribution >= 0.6 is 11.8 Å². The number of hydrogen-bond acceptors (Lipinski definition) is 7. The van der Waals surface area contributed by atoms with Crippen LogP contribution in [0, 0.1) is 22.9 Å². The average molecular weight is 365 g/mol. The van der Waals surface area contributed by atoms with Crippen LogP contribution in [0.3, 0.4) is 0 Å². The standard InChI is InChI=1S/C16H17FN4O2S.H3N/c1-3-24-15-14(21(22)23)10(2)18-16(19-15)20-7-6-11-8-13(17)5-4-12(11)9-20;/h4-5,8H,3,6-7,9H2,1-2H3;1H3. The van der Waals surface area contributed by atoms with Crippen LogP contribution in [0.1, 0.15) is 23.7 Å². The van der Waals surface area contributed by atoms with Crippen molar-refractivity contribution in [3.63, 3.8) is 0 Å². The largest absolute Gasteiger partial charge is 0.344 e. The van der Waals surface area contributed by atoms with E-state index in [1.165, 1.54) is 17.8 Å². The number of anilines is 1. The second kappa shape index (κ2) is 7.75. The lowest BCUT2D eigenvalue weighted by molar-refractivity contribution is -0.389. The third-order valence-electron chi connectivity index (χ3n) is 3.94. The highest BCUT2D eigenvalue weighted by atomic mass is 32.2. The van der Waals surface area contributed by atoms with E-state index in [1.807, 2.05) is 11.8 Å². The van der Waals surface area contributed by atoms with Crippen molar-refractivity contribution in [1.29, 1.82) is 0 Å². The van der Waals surface area contributed by atoms with Gasteiger partial charge < -0.3 is 11.1 Å². The maximum absolute atomic E-state index is 13.3. The summed E-state index contributed by atoms with van der Waals surface area (Å²) in [6, 6.07) is 4.78. The zero-order valence-corrected chi connectivity index (χ0v) is 15.0. The first-order valence-electron chi connectivity index (χ1n) is 7.67. The molecule has 0 radical (unpaired) electrons. The van der Waals surface area contributed by atoms with Gasteiger partial charge in [-0.15, -0.1) is 0 Å². The molecule has 7 nitrogen and oxygen atoms in total. The lowest BCUT2D eigenvalue weighted by Gasteiger charge is -2.29. The molecule has 3 N–H and O–H groups in total. The Balaban J connectivity index is 0.00000225. The molecule has 2 aromatic rings. The summed E-state index contributed by atoms with van der Waals surface area (Å²) < 4.78 is 13.3. The average Bonchev–Trinajstić information content (AvgIpc) is 2.53. The highest BCUT2D eigenvalue weighted by Crippen LogP contribution is 2.32. The lowest BCUT2D eigenvalue weighted by Crippen LogP contribution is -2.32. The molecular formula is C16H20FN5O2S. The summed E-state index contributed by atoms with van der Waals surface area (Å²) in [7, 11) is 0. The van der Waals surface area contributed by atoms with Gasteiger partial charge in [-0.05, 0) is 42.4 Å². The first-order chi connectivity index (χ1) is 11.5. The third-order valence-corrected chi connectivity index (χ3v) is 4.79. The van der Waals surface area contributed by atoms with Crippen molar-refractivity contribution in [2.24, 2.45) is 0 Å². The van der Waals surface area contributed by atoms with Gasteiger partial charge in [0.25, 0.3) is 0 Å². The molecule has 1 aliphatic heterocycles. The quantitative estimate of drug-likeness (QED) is 0.381. The van der Waals surface area contributed by atoms with Gasteiger partial charge in [0.15, 0.2) is 5.03 Å². The Morgan fingerprint density at radius 1 is 1.36 bits per heavy atom. The number of nitro groups is 1. The minimum atomic E-state index is -0.425. The van der Waals surface area contributed by atoms with E-state index in [4.69, 9.17) is 0 Å². The van der Waals surface area contributed by atoms with Gasteiger partial charge in [-0.25, -0.2) is 9.37 Å². The van der Waals surface area contributed by atoms with Gasteiger partial charge in [0.1, 0.15) is 11.5 Å². The zero-order chi connectivity index (χ0) is 17.3. The Morgan fingerprint density at radius 3 is 2.80 bits per heavy atom. The SMILES string of the molecule is CCSc1nc(N2CCc3cc(F)ccc3C2)nc(C)c1[N+](=O)[O-].N. The third kappa shape index (κ3) is 3.88. The Labute approximate surface area is 149 Å². The topological polar surface area (TPSA) is 107 Å². The van der Waals surface area contributed by atoms with Gasteiger partial charge in [0.2, 0.25) is 5.95 Å². The van der Waals surface area contributed by atoms with E-state index < -0.39 is 4.92 Å². The fourth-order valence-electron chi connectivity index (χ4n) is 2.81. The number of aryl methyl sites for hydroxylation is 1. The number of nitrogens with zero attached hydrogens (tertiary/aromatic N) is 4. The van der Waals surface area contributed by atoms with Crippen LogP contribution < -0.4 is 11.1 Å².